The number of fused-ring (bicyclic) bond motifs is 2. The van der Waals surface area contributed by atoms with Crippen molar-refractivity contribution in [3.8, 4) is 0 Å². The van der Waals surface area contributed by atoms with Gasteiger partial charge in [0.2, 0.25) is 0 Å². The smallest absolute Gasteiger partial charge is 0.427 e. The molecule has 0 fully saturated rings. The Morgan fingerprint density at radius 2 is 1.88 bits per heavy atom. The van der Waals surface area contributed by atoms with Crippen LogP contribution in [0.3, 0.4) is 0 Å². The van der Waals surface area contributed by atoms with E-state index in [0.717, 1.165) is 12.8 Å². The average Bonchev–Trinajstić information content (AvgIpc) is 2.37. The number of allylic oxidation sites excluding steroid dienone is 4. The van der Waals surface area contributed by atoms with Gasteiger partial charge in [-0.3, -0.25) is 0 Å². The summed E-state index contributed by atoms with van der Waals surface area (Å²) >= 11 is 0. The quantitative estimate of drug-likeness (QED) is 0.539. The molecule has 0 spiro atoms. The molecule has 3 atom stereocenters. The van der Waals surface area contributed by atoms with Crippen molar-refractivity contribution in [1.29, 1.82) is 0 Å². The fourth-order valence-electron chi connectivity index (χ4n) is 4.11. The van der Waals surface area contributed by atoms with Crippen LogP contribution in [0.1, 0.15) is 44.9 Å². The summed E-state index contributed by atoms with van der Waals surface area (Å²) in [6.07, 6.45) is 12.8. The molecule has 3 aliphatic carbocycles. The van der Waals surface area contributed by atoms with E-state index in [1.807, 2.05) is 0 Å². The van der Waals surface area contributed by atoms with Crippen LogP contribution >= 0.6 is 0 Å². The minimum atomic E-state index is -1.16. The van der Waals surface area contributed by atoms with Crippen LogP contribution in [0.4, 0.5) is 0 Å². The lowest BCUT2D eigenvalue weighted by Gasteiger charge is -2.42. The molecular formula is C14H21BO2. The molecule has 3 heteroatoms. The molecule has 0 heterocycles. The maximum atomic E-state index is 9.60. The van der Waals surface area contributed by atoms with Crippen molar-refractivity contribution in [3.63, 3.8) is 0 Å². The van der Waals surface area contributed by atoms with Crippen molar-refractivity contribution in [2.24, 2.45) is 11.8 Å². The standard InChI is InChI=1S/C14H21BO2/c16-15(17)14-9-10-5-1-2-6-11(10)12-7-3-4-8-13(12)14/h1,5,10-11,14,16-17H,2-4,6-9H2. The second-order valence-electron chi connectivity index (χ2n) is 5.79. The average molecular weight is 232 g/mol. The molecule has 3 aliphatic rings. The van der Waals surface area contributed by atoms with Gasteiger partial charge in [0, 0.05) is 5.82 Å². The molecule has 0 aromatic rings. The summed E-state index contributed by atoms with van der Waals surface area (Å²) in [7, 11) is -1.16. The van der Waals surface area contributed by atoms with Gasteiger partial charge in [-0.15, -0.1) is 0 Å². The zero-order chi connectivity index (χ0) is 11.8. The Hall–Kier alpha value is -0.535. The van der Waals surface area contributed by atoms with Crippen molar-refractivity contribution in [3.05, 3.63) is 23.3 Å². The highest BCUT2D eigenvalue weighted by Gasteiger charge is 2.41. The van der Waals surface area contributed by atoms with Gasteiger partial charge in [-0.25, -0.2) is 0 Å². The van der Waals surface area contributed by atoms with E-state index < -0.39 is 7.12 Å². The van der Waals surface area contributed by atoms with E-state index in [4.69, 9.17) is 0 Å². The van der Waals surface area contributed by atoms with Crippen LogP contribution in [0.15, 0.2) is 23.3 Å². The largest absolute Gasteiger partial charge is 0.459 e. The molecule has 3 unspecified atom stereocenters. The first-order valence-electron chi connectivity index (χ1n) is 7.02. The monoisotopic (exact) mass is 232 g/mol. The molecule has 3 rings (SSSR count). The topological polar surface area (TPSA) is 40.5 Å². The number of hydrogen-bond donors (Lipinski definition) is 2. The molecule has 2 nitrogen and oxygen atoms in total. The lowest BCUT2D eigenvalue weighted by Crippen LogP contribution is -2.34. The highest BCUT2D eigenvalue weighted by Crippen LogP contribution is 2.51. The second-order valence-corrected chi connectivity index (χ2v) is 5.79. The Morgan fingerprint density at radius 3 is 2.65 bits per heavy atom. The second kappa shape index (κ2) is 4.62. The van der Waals surface area contributed by atoms with E-state index >= 15 is 0 Å². The van der Waals surface area contributed by atoms with E-state index in [1.54, 1.807) is 5.57 Å². The molecule has 0 aliphatic heterocycles. The predicted molar refractivity (Wildman–Crippen MR) is 69.4 cm³/mol. The van der Waals surface area contributed by atoms with Crippen LogP contribution in [0.5, 0.6) is 0 Å². The maximum Gasteiger partial charge on any atom is 0.459 e. The van der Waals surface area contributed by atoms with Crippen LogP contribution in [0, 0.1) is 11.8 Å². The van der Waals surface area contributed by atoms with Gasteiger partial charge < -0.3 is 10.0 Å². The minimum Gasteiger partial charge on any atom is -0.427 e. The Kier molecular flexibility index (Phi) is 3.14. The van der Waals surface area contributed by atoms with Crippen LogP contribution in [0.2, 0.25) is 5.82 Å². The van der Waals surface area contributed by atoms with Gasteiger partial charge in [-0.1, -0.05) is 23.3 Å². The first kappa shape index (κ1) is 11.5. The van der Waals surface area contributed by atoms with Crippen LogP contribution in [-0.4, -0.2) is 17.2 Å². The van der Waals surface area contributed by atoms with Crippen LogP contribution in [0.25, 0.3) is 0 Å². The molecule has 92 valence electrons. The third-order valence-electron chi connectivity index (χ3n) is 4.88. The fourth-order valence-corrected chi connectivity index (χ4v) is 4.11. The van der Waals surface area contributed by atoms with E-state index in [1.165, 1.54) is 37.7 Å². The highest BCUT2D eigenvalue weighted by molar-refractivity contribution is 6.44. The molecule has 0 amide bonds. The van der Waals surface area contributed by atoms with Gasteiger partial charge in [-0.05, 0) is 56.8 Å². The predicted octanol–water partition coefficient (Wildman–Crippen LogP) is 2.69. The summed E-state index contributed by atoms with van der Waals surface area (Å²) in [6, 6.07) is 0. The lowest BCUT2D eigenvalue weighted by atomic mass is 9.54. The summed E-state index contributed by atoms with van der Waals surface area (Å²) in [5.74, 6) is 1.28. The third kappa shape index (κ3) is 2.00. The molecule has 2 N–H and O–H groups in total. The molecule has 0 radical (unpaired) electrons. The first-order chi connectivity index (χ1) is 8.27. The van der Waals surface area contributed by atoms with Crippen molar-refractivity contribution < 1.29 is 10.0 Å². The van der Waals surface area contributed by atoms with Gasteiger partial charge in [-0.2, -0.15) is 0 Å². The summed E-state index contributed by atoms with van der Waals surface area (Å²) in [5, 5.41) is 19.2. The molecule has 0 aromatic carbocycles. The van der Waals surface area contributed by atoms with E-state index in [2.05, 4.69) is 12.2 Å². The molecule has 0 bridgehead atoms. The Morgan fingerprint density at radius 1 is 1.12 bits per heavy atom. The molecule has 0 saturated carbocycles. The molecule has 0 saturated heterocycles. The Labute approximate surface area is 104 Å². The Bertz CT molecular complexity index is 359. The third-order valence-corrected chi connectivity index (χ3v) is 4.88. The first-order valence-corrected chi connectivity index (χ1v) is 7.02. The minimum absolute atomic E-state index is 0.00861. The van der Waals surface area contributed by atoms with Gasteiger partial charge in [0.15, 0.2) is 0 Å². The van der Waals surface area contributed by atoms with E-state index in [-0.39, 0.29) is 5.82 Å². The van der Waals surface area contributed by atoms with Crippen molar-refractivity contribution in [2.45, 2.75) is 50.8 Å². The maximum absolute atomic E-state index is 9.60. The molecule has 17 heavy (non-hydrogen) atoms. The molecular weight excluding hydrogens is 211 g/mol. The SMILES string of the molecule is OB(O)C1CC2C=CCCC2C2=C1CCCC2. The van der Waals surface area contributed by atoms with Crippen LogP contribution < -0.4 is 0 Å². The summed E-state index contributed by atoms with van der Waals surface area (Å²) in [6.45, 7) is 0. The Balaban J connectivity index is 1.97. The molecule has 0 aromatic heterocycles. The lowest BCUT2D eigenvalue weighted by molar-refractivity contribution is 0.305. The zero-order valence-corrected chi connectivity index (χ0v) is 10.3. The highest BCUT2D eigenvalue weighted by atomic mass is 16.4. The summed E-state index contributed by atoms with van der Waals surface area (Å²) < 4.78 is 0. The summed E-state index contributed by atoms with van der Waals surface area (Å²) in [4.78, 5) is 0. The summed E-state index contributed by atoms with van der Waals surface area (Å²) in [5.41, 5.74) is 3.00. The van der Waals surface area contributed by atoms with Gasteiger partial charge in [0.05, 0.1) is 0 Å². The number of hydrogen-bond acceptors (Lipinski definition) is 2. The van der Waals surface area contributed by atoms with Crippen molar-refractivity contribution >= 4 is 7.12 Å². The normalized spacial score (nSPS) is 36.5. The van der Waals surface area contributed by atoms with E-state index in [0.29, 0.717) is 11.8 Å². The van der Waals surface area contributed by atoms with Crippen molar-refractivity contribution in [1.82, 2.24) is 0 Å². The fraction of sp³-hybridized carbons (Fsp3) is 0.714. The zero-order valence-electron chi connectivity index (χ0n) is 10.3. The number of rotatable bonds is 1. The van der Waals surface area contributed by atoms with Crippen molar-refractivity contribution in [2.75, 3.05) is 0 Å². The van der Waals surface area contributed by atoms with Gasteiger partial charge in [0.1, 0.15) is 0 Å². The van der Waals surface area contributed by atoms with Gasteiger partial charge in [0.25, 0.3) is 0 Å². The van der Waals surface area contributed by atoms with E-state index in [9.17, 15) is 10.0 Å². The van der Waals surface area contributed by atoms with Crippen LogP contribution in [-0.2, 0) is 0 Å². The van der Waals surface area contributed by atoms with Gasteiger partial charge >= 0.3 is 7.12 Å².